The van der Waals surface area contributed by atoms with Crippen molar-refractivity contribution in [1.82, 2.24) is 0 Å². The molecule has 2 unspecified atom stereocenters. The third kappa shape index (κ3) is 4.76. The molecule has 35 heavy (non-hydrogen) atoms. The van der Waals surface area contributed by atoms with E-state index in [4.69, 9.17) is 9.47 Å². The van der Waals surface area contributed by atoms with Crippen LogP contribution in [0.5, 0.6) is 17.2 Å². The van der Waals surface area contributed by atoms with Gasteiger partial charge >= 0.3 is 5.97 Å². The maximum absolute atomic E-state index is 12.9. The molecule has 1 heterocycles. The van der Waals surface area contributed by atoms with E-state index >= 15 is 0 Å². The van der Waals surface area contributed by atoms with Crippen LogP contribution in [0, 0.1) is 17.2 Å². The first kappa shape index (κ1) is 22.7. The fourth-order valence-electron chi connectivity index (χ4n) is 5.01. The van der Waals surface area contributed by atoms with Gasteiger partial charge in [0.05, 0.1) is 18.1 Å². The van der Waals surface area contributed by atoms with Crippen molar-refractivity contribution in [2.45, 2.75) is 38.0 Å². The van der Waals surface area contributed by atoms with Crippen molar-refractivity contribution in [1.29, 1.82) is 5.26 Å². The summed E-state index contributed by atoms with van der Waals surface area (Å²) in [6, 6.07) is 20.5. The Morgan fingerprint density at radius 3 is 2.57 bits per heavy atom. The first-order valence-electron chi connectivity index (χ1n) is 11.8. The molecular formula is C29H25NO5. The van der Waals surface area contributed by atoms with Crippen LogP contribution < -0.4 is 9.47 Å². The predicted molar refractivity (Wildman–Crippen MR) is 129 cm³/mol. The van der Waals surface area contributed by atoms with Gasteiger partial charge in [-0.1, -0.05) is 24.3 Å². The lowest BCUT2D eigenvalue weighted by Gasteiger charge is -2.24. The second kappa shape index (κ2) is 9.63. The molecule has 6 heteroatoms. The van der Waals surface area contributed by atoms with Gasteiger partial charge in [0.15, 0.2) is 5.78 Å². The van der Waals surface area contributed by atoms with Gasteiger partial charge in [0, 0.05) is 23.6 Å². The Kier molecular flexibility index (Phi) is 6.24. The van der Waals surface area contributed by atoms with Crippen LogP contribution in [0.15, 0.2) is 60.7 Å². The predicted octanol–water partition coefficient (Wildman–Crippen LogP) is 5.68. The lowest BCUT2D eigenvalue weighted by molar-refractivity contribution is -0.139. The largest absolute Gasteiger partial charge is 0.493 e. The number of nitrogens with zero attached hydrogens (tertiary/aromatic N) is 1. The van der Waals surface area contributed by atoms with Gasteiger partial charge in [-0.25, -0.2) is 0 Å². The van der Waals surface area contributed by atoms with E-state index in [2.05, 4.69) is 30.3 Å². The maximum atomic E-state index is 12.9. The minimum Gasteiger partial charge on any atom is -0.493 e. The molecule has 5 rings (SSSR count). The molecule has 1 aliphatic heterocycles. The van der Waals surface area contributed by atoms with Crippen molar-refractivity contribution in [3.8, 4) is 23.3 Å². The number of hydrogen-bond acceptors (Lipinski definition) is 5. The number of carboxylic acids is 1. The number of Topliss-reactive ketones (excluding diaryl/α,β-unsaturated/α-hetero) is 1. The molecule has 3 aromatic carbocycles. The van der Waals surface area contributed by atoms with E-state index in [1.807, 2.05) is 0 Å². The fraction of sp³-hybridized carbons (Fsp3) is 0.276. The van der Waals surface area contributed by atoms with Crippen LogP contribution >= 0.6 is 0 Å². The van der Waals surface area contributed by atoms with E-state index in [0.29, 0.717) is 48.0 Å². The first-order valence-corrected chi connectivity index (χ1v) is 11.8. The molecule has 0 spiro atoms. The molecule has 3 aromatic rings. The molecule has 0 aromatic heterocycles. The van der Waals surface area contributed by atoms with Crippen molar-refractivity contribution in [2.24, 2.45) is 5.92 Å². The summed E-state index contributed by atoms with van der Waals surface area (Å²) in [5, 5.41) is 19.1. The Hall–Kier alpha value is -4.11. The molecule has 0 radical (unpaired) electrons. The highest BCUT2D eigenvalue weighted by Crippen LogP contribution is 2.40. The first-order chi connectivity index (χ1) is 17.0. The fourth-order valence-corrected chi connectivity index (χ4v) is 5.01. The molecule has 6 nitrogen and oxygen atoms in total. The van der Waals surface area contributed by atoms with Crippen LogP contribution in [-0.4, -0.2) is 23.5 Å². The number of ketones is 1. The van der Waals surface area contributed by atoms with Gasteiger partial charge in [-0.3, -0.25) is 9.59 Å². The van der Waals surface area contributed by atoms with E-state index in [9.17, 15) is 20.0 Å². The number of fused-ring (bicyclic) bond motifs is 2. The Labute approximate surface area is 203 Å². The molecule has 1 aliphatic carbocycles. The normalized spacial score (nSPS) is 18.4. The topological polar surface area (TPSA) is 96.6 Å². The SMILES string of the molecule is N#Cc1cc2c(cc1Oc1ccc(C(=O)CC3CCc4ccccc4C3)cc1)OCCC2C(=O)O. The van der Waals surface area contributed by atoms with E-state index in [1.165, 1.54) is 17.2 Å². The monoisotopic (exact) mass is 467 g/mol. The summed E-state index contributed by atoms with van der Waals surface area (Å²) in [7, 11) is 0. The number of ether oxygens (including phenoxy) is 2. The number of hydrogen-bond donors (Lipinski definition) is 1. The number of aliphatic carboxylic acids is 1. The van der Waals surface area contributed by atoms with Crippen molar-refractivity contribution < 1.29 is 24.2 Å². The van der Waals surface area contributed by atoms with Gasteiger partial charge in [-0.15, -0.1) is 0 Å². The molecule has 2 aliphatic rings. The number of aryl methyl sites for hydroxylation is 1. The smallest absolute Gasteiger partial charge is 0.311 e. The molecular weight excluding hydrogens is 442 g/mol. The molecule has 0 amide bonds. The van der Waals surface area contributed by atoms with Crippen LogP contribution in [0.3, 0.4) is 0 Å². The summed E-state index contributed by atoms with van der Waals surface area (Å²) in [6.45, 7) is 0.290. The quantitative estimate of drug-likeness (QED) is 0.469. The van der Waals surface area contributed by atoms with Crippen molar-refractivity contribution in [2.75, 3.05) is 6.61 Å². The van der Waals surface area contributed by atoms with Crippen LogP contribution in [0.1, 0.15) is 57.8 Å². The second-order valence-corrected chi connectivity index (χ2v) is 9.16. The van der Waals surface area contributed by atoms with Crippen molar-refractivity contribution in [3.63, 3.8) is 0 Å². The van der Waals surface area contributed by atoms with Gasteiger partial charge in [0.1, 0.15) is 23.3 Å². The van der Waals surface area contributed by atoms with Crippen LogP contribution in [0.25, 0.3) is 0 Å². The van der Waals surface area contributed by atoms with E-state index < -0.39 is 11.9 Å². The zero-order valence-corrected chi connectivity index (χ0v) is 19.2. The summed E-state index contributed by atoms with van der Waals surface area (Å²) >= 11 is 0. The standard InChI is InChI=1S/C29H25NO5/c30-17-22-15-25-24(29(32)33)11-12-34-28(25)16-27(22)35-23-9-7-20(8-10-23)26(31)14-18-5-6-19-3-1-2-4-21(19)13-18/h1-4,7-10,15-16,18,24H,5-6,11-14H2,(H,32,33). The maximum Gasteiger partial charge on any atom is 0.311 e. The zero-order valence-electron chi connectivity index (χ0n) is 19.2. The van der Waals surface area contributed by atoms with Crippen LogP contribution in [0.2, 0.25) is 0 Å². The summed E-state index contributed by atoms with van der Waals surface area (Å²) in [5.74, 6) is -0.00394. The van der Waals surface area contributed by atoms with Gasteiger partial charge < -0.3 is 14.6 Å². The minimum absolute atomic E-state index is 0.112. The highest BCUT2D eigenvalue weighted by atomic mass is 16.5. The Morgan fingerprint density at radius 2 is 1.83 bits per heavy atom. The number of carboxylic acid groups (broad SMARTS) is 1. The van der Waals surface area contributed by atoms with Crippen molar-refractivity contribution >= 4 is 11.8 Å². The summed E-state index contributed by atoms with van der Waals surface area (Å²) in [5.41, 5.74) is 4.09. The molecule has 0 saturated carbocycles. The van der Waals surface area contributed by atoms with Crippen molar-refractivity contribution in [3.05, 3.63) is 88.5 Å². The number of carbonyl (C=O) groups excluding carboxylic acids is 1. The summed E-state index contributed by atoms with van der Waals surface area (Å²) < 4.78 is 11.6. The Bertz CT molecular complexity index is 1320. The number of rotatable bonds is 6. The van der Waals surface area contributed by atoms with Crippen LogP contribution in [-0.2, 0) is 17.6 Å². The third-order valence-electron chi connectivity index (χ3n) is 6.90. The molecule has 0 fully saturated rings. The molecule has 1 N–H and O–H groups in total. The lowest BCUT2D eigenvalue weighted by Crippen LogP contribution is -2.21. The minimum atomic E-state index is -0.940. The van der Waals surface area contributed by atoms with E-state index in [-0.39, 0.29) is 17.1 Å². The lowest BCUT2D eigenvalue weighted by atomic mass is 9.81. The van der Waals surface area contributed by atoms with Gasteiger partial charge in [-0.05, 0) is 73.1 Å². The van der Waals surface area contributed by atoms with Gasteiger partial charge in [0.25, 0.3) is 0 Å². The Morgan fingerprint density at radius 1 is 1.06 bits per heavy atom. The highest BCUT2D eigenvalue weighted by Gasteiger charge is 2.29. The highest BCUT2D eigenvalue weighted by molar-refractivity contribution is 5.96. The average molecular weight is 468 g/mol. The number of benzene rings is 3. The van der Waals surface area contributed by atoms with E-state index in [1.54, 1.807) is 30.3 Å². The molecule has 2 atom stereocenters. The average Bonchev–Trinajstić information content (AvgIpc) is 2.88. The summed E-state index contributed by atoms with van der Waals surface area (Å²) in [6.07, 6.45) is 3.84. The van der Waals surface area contributed by atoms with Gasteiger partial charge in [0.2, 0.25) is 0 Å². The summed E-state index contributed by atoms with van der Waals surface area (Å²) in [4.78, 5) is 24.5. The van der Waals surface area contributed by atoms with Crippen LogP contribution in [0.4, 0.5) is 0 Å². The third-order valence-corrected chi connectivity index (χ3v) is 6.90. The zero-order chi connectivity index (χ0) is 24.4. The number of nitriles is 1. The van der Waals surface area contributed by atoms with Gasteiger partial charge in [-0.2, -0.15) is 5.26 Å². The molecule has 0 saturated heterocycles. The van der Waals surface area contributed by atoms with E-state index in [0.717, 1.165) is 19.3 Å². The molecule has 176 valence electrons. The Balaban J connectivity index is 1.28. The molecule has 0 bridgehead atoms. The second-order valence-electron chi connectivity index (χ2n) is 9.16. The number of carbonyl (C=O) groups is 2.